The van der Waals surface area contributed by atoms with Crippen LogP contribution in [0.3, 0.4) is 0 Å². The summed E-state index contributed by atoms with van der Waals surface area (Å²) in [6.07, 6.45) is 2.63. The number of hydrogen-bond acceptors (Lipinski definition) is 3. The van der Waals surface area contributed by atoms with Crippen LogP contribution in [0.4, 0.5) is 0 Å². The summed E-state index contributed by atoms with van der Waals surface area (Å²) in [6, 6.07) is 0. The summed E-state index contributed by atoms with van der Waals surface area (Å²) in [4.78, 5) is 6.22. The highest BCUT2D eigenvalue weighted by Crippen LogP contribution is 2.09. The third-order valence-electron chi connectivity index (χ3n) is 1.56. The van der Waals surface area contributed by atoms with Crippen molar-refractivity contribution in [1.82, 2.24) is 14.3 Å². The van der Waals surface area contributed by atoms with Crippen molar-refractivity contribution in [3.05, 3.63) is 12.5 Å². The Bertz CT molecular complexity index is 348. The van der Waals surface area contributed by atoms with Gasteiger partial charge in [0.1, 0.15) is 0 Å². The number of H-pyrrole nitrogens is 1. The lowest BCUT2D eigenvalue weighted by atomic mass is 10.8. The van der Waals surface area contributed by atoms with Gasteiger partial charge in [0, 0.05) is 18.9 Å². The molecule has 0 unspecified atom stereocenters. The third kappa shape index (κ3) is 2.29. The second-order valence-electron chi connectivity index (χ2n) is 2.43. The Kier molecular flexibility index (Phi) is 3.46. The number of hydrogen-bond donors (Lipinski definition) is 1. The molecule has 0 fully saturated rings. The van der Waals surface area contributed by atoms with Crippen LogP contribution in [0.25, 0.3) is 0 Å². The summed E-state index contributed by atoms with van der Waals surface area (Å²) in [5, 5.41) is 0.729. The van der Waals surface area contributed by atoms with Crippen LogP contribution in [0.15, 0.2) is 17.6 Å². The minimum Gasteiger partial charge on any atom is -0.335 e. The number of alkyl halides is 1. The molecule has 0 aliphatic carbocycles. The molecule has 13 heavy (non-hydrogen) atoms. The van der Waals surface area contributed by atoms with E-state index in [-0.39, 0.29) is 5.03 Å². The zero-order chi connectivity index (χ0) is 9.90. The molecule has 1 N–H and O–H groups in total. The van der Waals surface area contributed by atoms with Gasteiger partial charge in [0.05, 0.1) is 12.5 Å². The quantitative estimate of drug-likeness (QED) is 0.805. The Morgan fingerprint density at radius 2 is 2.38 bits per heavy atom. The Morgan fingerprint density at radius 3 is 2.85 bits per heavy atom. The van der Waals surface area contributed by atoms with E-state index in [1.807, 2.05) is 0 Å². The molecule has 1 aromatic heterocycles. The fraction of sp³-hybridized carbons (Fsp3) is 0.500. The average molecular weight is 268 g/mol. The lowest BCUT2D eigenvalue weighted by Crippen LogP contribution is -2.28. The zero-order valence-electron chi connectivity index (χ0n) is 7.07. The number of nitrogens with zero attached hydrogens (tertiary/aromatic N) is 2. The molecule has 0 spiro atoms. The molecule has 1 aromatic rings. The summed E-state index contributed by atoms with van der Waals surface area (Å²) >= 11 is 3.17. The lowest BCUT2D eigenvalue weighted by molar-refractivity contribution is 0.486. The number of aromatic amines is 1. The van der Waals surface area contributed by atoms with Gasteiger partial charge in [-0.3, -0.25) is 0 Å². The number of aromatic nitrogens is 2. The topological polar surface area (TPSA) is 66.1 Å². The van der Waals surface area contributed by atoms with Crippen LogP contribution in [-0.4, -0.2) is 41.6 Å². The number of imidazole rings is 1. The molecule has 1 rings (SSSR count). The van der Waals surface area contributed by atoms with Gasteiger partial charge in [0.15, 0.2) is 5.03 Å². The van der Waals surface area contributed by atoms with E-state index in [1.54, 1.807) is 0 Å². The number of nitrogens with one attached hydrogen (secondary N) is 1. The van der Waals surface area contributed by atoms with Gasteiger partial charge in [-0.05, 0) is 0 Å². The van der Waals surface area contributed by atoms with E-state index in [0.717, 1.165) is 0 Å². The van der Waals surface area contributed by atoms with Crippen LogP contribution < -0.4 is 0 Å². The Morgan fingerprint density at radius 1 is 1.69 bits per heavy atom. The fourth-order valence-electron chi connectivity index (χ4n) is 0.791. The van der Waals surface area contributed by atoms with E-state index in [0.29, 0.717) is 11.9 Å². The molecule has 0 saturated heterocycles. The highest BCUT2D eigenvalue weighted by molar-refractivity contribution is 9.09. The highest BCUT2D eigenvalue weighted by atomic mass is 79.9. The van der Waals surface area contributed by atoms with E-state index in [9.17, 15) is 8.42 Å². The van der Waals surface area contributed by atoms with Crippen molar-refractivity contribution >= 4 is 26.0 Å². The second-order valence-corrected chi connectivity index (χ2v) is 5.24. The smallest absolute Gasteiger partial charge is 0.259 e. The molecular weight excluding hydrogens is 258 g/mol. The summed E-state index contributed by atoms with van der Waals surface area (Å²) < 4.78 is 24.5. The summed E-state index contributed by atoms with van der Waals surface area (Å²) in [6.45, 7) is 0.432. The van der Waals surface area contributed by atoms with E-state index in [2.05, 4.69) is 25.9 Å². The first-order chi connectivity index (χ1) is 6.09. The van der Waals surface area contributed by atoms with Crippen molar-refractivity contribution in [3.63, 3.8) is 0 Å². The predicted molar refractivity (Wildman–Crippen MR) is 52.2 cm³/mol. The monoisotopic (exact) mass is 267 g/mol. The van der Waals surface area contributed by atoms with Crippen molar-refractivity contribution < 1.29 is 8.42 Å². The molecule has 0 bridgehead atoms. The van der Waals surface area contributed by atoms with Gasteiger partial charge in [0.2, 0.25) is 0 Å². The highest BCUT2D eigenvalue weighted by Gasteiger charge is 2.20. The normalized spacial score (nSPS) is 12.2. The standard InChI is InChI=1S/C6H10BrN3O2S/c1-10(3-2-7)13(11,12)6-4-8-5-9-6/h4-5H,2-3H2,1H3,(H,8,9). The average Bonchev–Trinajstić information content (AvgIpc) is 2.56. The van der Waals surface area contributed by atoms with Crippen LogP contribution in [0.1, 0.15) is 0 Å². The molecule has 0 atom stereocenters. The second kappa shape index (κ2) is 4.21. The number of sulfonamides is 1. The first-order valence-corrected chi connectivity index (χ1v) is 6.16. The van der Waals surface area contributed by atoms with Crippen molar-refractivity contribution in [2.45, 2.75) is 5.03 Å². The molecule has 74 valence electrons. The minimum atomic E-state index is -3.37. The summed E-state index contributed by atoms with van der Waals surface area (Å²) in [5.74, 6) is 0. The predicted octanol–water partition coefficient (Wildman–Crippen LogP) is 0.425. The van der Waals surface area contributed by atoms with Gasteiger partial charge in [-0.1, -0.05) is 15.9 Å². The maximum absolute atomic E-state index is 11.6. The van der Waals surface area contributed by atoms with Gasteiger partial charge >= 0.3 is 0 Å². The Balaban J connectivity index is 2.90. The molecule has 0 saturated carbocycles. The van der Waals surface area contributed by atoms with Crippen molar-refractivity contribution in [1.29, 1.82) is 0 Å². The SMILES string of the molecule is CN(CCBr)S(=O)(=O)c1cnc[nH]1. The molecule has 1 heterocycles. The molecule has 5 nitrogen and oxygen atoms in total. The number of rotatable bonds is 4. The fourth-order valence-corrected chi connectivity index (χ4v) is 2.62. The van der Waals surface area contributed by atoms with Gasteiger partial charge in [-0.15, -0.1) is 0 Å². The summed E-state index contributed by atoms with van der Waals surface area (Å²) in [5.41, 5.74) is 0. The molecular formula is C6H10BrN3O2S. The van der Waals surface area contributed by atoms with E-state index in [1.165, 1.54) is 23.9 Å². The van der Waals surface area contributed by atoms with Crippen LogP contribution in [0.2, 0.25) is 0 Å². The maximum atomic E-state index is 11.6. The van der Waals surface area contributed by atoms with Gasteiger partial charge < -0.3 is 4.98 Å². The van der Waals surface area contributed by atoms with E-state index >= 15 is 0 Å². The maximum Gasteiger partial charge on any atom is 0.259 e. The van der Waals surface area contributed by atoms with Crippen molar-refractivity contribution in [3.8, 4) is 0 Å². The van der Waals surface area contributed by atoms with Crippen LogP contribution in [0, 0.1) is 0 Å². The van der Waals surface area contributed by atoms with Crippen molar-refractivity contribution in [2.75, 3.05) is 18.9 Å². The summed E-state index contributed by atoms with van der Waals surface area (Å²) in [7, 11) is -1.85. The minimum absolute atomic E-state index is 0.121. The largest absolute Gasteiger partial charge is 0.335 e. The van der Waals surface area contributed by atoms with Crippen LogP contribution in [-0.2, 0) is 10.0 Å². The first kappa shape index (κ1) is 10.7. The molecule has 0 amide bonds. The van der Waals surface area contributed by atoms with Gasteiger partial charge in [-0.2, -0.15) is 4.31 Å². The molecule has 7 heteroatoms. The Labute approximate surface area is 85.3 Å². The van der Waals surface area contributed by atoms with Crippen LogP contribution >= 0.6 is 15.9 Å². The number of halogens is 1. The molecule has 0 aliphatic rings. The van der Waals surface area contributed by atoms with Gasteiger partial charge in [0.25, 0.3) is 10.0 Å². The molecule has 0 radical (unpaired) electrons. The van der Waals surface area contributed by atoms with Crippen LogP contribution in [0.5, 0.6) is 0 Å². The molecule has 0 aromatic carbocycles. The van der Waals surface area contributed by atoms with E-state index in [4.69, 9.17) is 0 Å². The Hall–Kier alpha value is -0.400. The van der Waals surface area contributed by atoms with E-state index < -0.39 is 10.0 Å². The third-order valence-corrected chi connectivity index (χ3v) is 3.70. The molecule has 0 aliphatic heterocycles. The first-order valence-electron chi connectivity index (χ1n) is 3.59. The van der Waals surface area contributed by atoms with Crippen molar-refractivity contribution in [2.24, 2.45) is 0 Å². The van der Waals surface area contributed by atoms with Gasteiger partial charge in [-0.25, -0.2) is 13.4 Å². The zero-order valence-corrected chi connectivity index (χ0v) is 9.47. The lowest BCUT2D eigenvalue weighted by Gasteiger charge is -2.13.